The molecule has 37 heavy (non-hydrogen) atoms. The monoisotopic (exact) mass is 523 g/mol. The zero-order chi connectivity index (χ0) is 25.6. The van der Waals surface area contributed by atoms with Gasteiger partial charge < -0.3 is 10.6 Å². The minimum atomic E-state index is -4.55. The molecule has 0 spiro atoms. The first kappa shape index (κ1) is 23.4. The third kappa shape index (κ3) is 4.60. The number of hydrogen-bond acceptors (Lipinski definition) is 6. The standard InChI is InChI=1S/C25H20F3N7OS/c26-25(27,28)22-10-20(34-35-22)24-32-21(12-37-24)23(36)31-19-9-18-15(11-30-33-18)8-16(19)13-3-1-4-14(7-13)17-5-2-6-29-17/h1,3-4,7-12,17,29H,2,5-6H2,(H,30,33)(H,31,36)(H,34,35). The van der Waals surface area contributed by atoms with Gasteiger partial charge in [-0.15, -0.1) is 11.3 Å². The van der Waals surface area contributed by atoms with E-state index in [1.165, 1.54) is 10.9 Å². The second-order valence-electron chi connectivity index (χ2n) is 8.79. The molecular formula is C25H20F3N7OS. The number of rotatable bonds is 5. The SMILES string of the molecule is O=C(Nc1cc2[nH]ncc2cc1-c1cccc(C2CCCN2)c1)c1csc(-c2cc(C(F)(F)F)[nH]n2)n1. The number of benzene rings is 2. The van der Waals surface area contributed by atoms with Crippen LogP contribution < -0.4 is 10.6 Å². The highest BCUT2D eigenvalue weighted by molar-refractivity contribution is 7.13. The van der Waals surface area contributed by atoms with Crippen LogP contribution >= 0.6 is 11.3 Å². The lowest BCUT2D eigenvalue weighted by Gasteiger charge is -2.15. The molecule has 3 aromatic heterocycles. The van der Waals surface area contributed by atoms with E-state index in [1.54, 1.807) is 6.20 Å². The van der Waals surface area contributed by atoms with E-state index in [1.807, 2.05) is 29.4 Å². The second-order valence-corrected chi connectivity index (χ2v) is 9.64. The Bertz CT molecular complexity index is 1600. The zero-order valence-electron chi connectivity index (χ0n) is 19.2. The molecule has 1 saturated heterocycles. The summed E-state index contributed by atoms with van der Waals surface area (Å²) in [5, 5.41) is 21.7. The highest BCUT2D eigenvalue weighted by atomic mass is 32.1. The fourth-order valence-corrected chi connectivity index (χ4v) is 5.24. The molecule has 5 aromatic rings. The van der Waals surface area contributed by atoms with Crippen LogP contribution in [0.1, 0.15) is 40.6 Å². The first-order valence-corrected chi connectivity index (χ1v) is 12.4. The number of nitrogens with one attached hydrogen (secondary N) is 4. The molecule has 2 aromatic carbocycles. The van der Waals surface area contributed by atoms with Crippen LogP contribution in [0.4, 0.5) is 18.9 Å². The fraction of sp³-hybridized carbons (Fsp3) is 0.200. The molecule has 1 atom stereocenters. The molecule has 188 valence electrons. The van der Waals surface area contributed by atoms with Crippen molar-refractivity contribution in [1.29, 1.82) is 0 Å². The Morgan fingerprint density at radius 1 is 1.14 bits per heavy atom. The number of nitrogens with zero attached hydrogens (tertiary/aromatic N) is 3. The van der Waals surface area contributed by atoms with Gasteiger partial charge in [-0.2, -0.15) is 23.4 Å². The van der Waals surface area contributed by atoms with E-state index in [9.17, 15) is 18.0 Å². The number of carbonyl (C=O) groups is 1. The molecule has 0 bridgehead atoms. The Balaban J connectivity index is 1.31. The molecule has 1 fully saturated rings. The zero-order valence-corrected chi connectivity index (χ0v) is 20.0. The van der Waals surface area contributed by atoms with Gasteiger partial charge >= 0.3 is 6.18 Å². The molecule has 6 rings (SSSR count). The maximum absolute atomic E-state index is 13.1. The van der Waals surface area contributed by atoms with Crippen molar-refractivity contribution in [2.75, 3.05) is 11.9 Å². The lowest BCUT2D eigenvalue weighted by Crippen LogP contribution is -2.14. The summed E-state index contributed by atoms with van der Waals surface area (Å²) in [5.41, 5.74) is 3.39. The largest absolute Gasteiger partial charge is 0.432 e. The van der Waals surface area contributed by atoms with Crippen LogP contribution in [0.15, 0.2) is 54.0 Å². The molecule has 4 N–H and O–H groups in total. The summed E-state index contributed by atoms with van der Waals surface area (Å²) in [5.74, 6) is -0.484. The Morgan fingerprint density at radius 2 is 2.03 bits per heavy atom. The minimum Gasteiger partial charge on any atom is -0.320 e. The van der Waals surface area contributed by atoms with Gasteiger partial charge in [0.15, 0.2) is 0 Å². The van der Waals surface area contributed by atoms with Crippen molar-refractivity contribution in [1.82, 2.24) is 30.7 Å². The third-order valence-electron chi connectivity index (χ3n) is 6.33. The van der Waals surface area contributed by atoms with E-state index in [0.29, 0.717) is 11.7 Å². The number of fused-ring (bicyclic) bond motifs is 1. The molecule has 1 aliphatic rings. The Morgan fingerprint density at radius 3 is 2.81 bits per heavy atom. The van der Waals surface area contributed by atoms with Crippen LogP contribution in [0.5, 0.6) is 0 Å². The molecule has 1 unspecified atom stereocenters. The van der Waals surface area contributed by atoms with Gasteiger partial charge in [-0.3, -0.25) is 15.0 Å². The van der Waals surface area contributed by atoms with Gasteiger partial charge in [-0.1, -0.05) is 18.2 Å². The molecule has 4 heterocycles. The second kappa shape index (κ2) is 9.12. The van der Waals surface area contributed by atoms with Crippen molar-refractivity contribution < 1.29 is 18.0 Å². The van der Waals surface area contributed by atoms with Crippen molar-refractivity contribution >= 4 is 33.8 Å². The number of anilines is 1. The number of aromatic amines is 2. The van der Waals surface area contributed by atoms with E-state index < -0.39 is 17.8 Å². The summed E-state index contributed by atoms with van der Waals surface area (Å²) in [6.07, 6.45) is -0.628. The number of hydrogen-bond donors (Lipinski definition) is 4. The van der Waals surface area contributed by atoms with E-state index in [-0.39, 0.29) is 16.4 Å². The van der Waals surface area contributed by atoms with Crippen molar-refractivity contribution in [3.63, 3.8) is 0 Å². The predicted octanol–water partition coefficient (Wildman–Crippen LogP) is 5.77. The molecular weight excluding hydrogens is 503 g/mol. The van der Waals surface area contributed by atoms with Gasteiger partial charge in [-0.25, -0.2) is 4.98 Å². The first-order chi connectivity index (χ1) is 17.8. The molecule has 0 aliphatic carbocycles. The maximum atomic E-state index is 13.1. The number of carbonyl (C=O) groups excluding carboxylic acids is 1. The summed E-state index contributed by atoms with van der Waals surface area (Å²) >= 11 is 1.04. The molecule has 0 radical (unpaired) electrons. The first-order valence-electron chi connectivity index (χ1n) is 11.6. The highest BCUT2D eigenvalue weighted by Crippen LogP contribution is 2.35. The summed E-state index contributed by atoms with van der Waals surface area (Å²) in [7, 11) is 0. The van der Waals surface area contributed by atoms with Crippen molar-refractivity contribution in [3.8, 4) is 21.8 Å². The summed E-state index contributed by atoms with van der Waals surface area (Å²) in [6.45, 7) is 0.989. The Labute approximate surface area is 212 Å². The van der Waals surface area contributed by atoms with Gasteiger partial charge in [-0.05, 0) is 54.8 Å². The maximum Gasteiger partial charge on any atom is 0.432 e. The van der Waals surface area contributed by atoms with Gasteiger partial charge in [0.1, 0.15) is 22.1 Å². The van der Waals surface area contributed by atoms with Crippen LogP contribution in [0.2, 0.25) is 0 Å². The van der Waals surface area contributed by atoms with Crippen LogP contribution in [0.25, 0.3) is 32.7 Å². The molecule has 12 heteroatoms. The van der Waals surface area contributed by atoms with Crippen molar-refractivity contribution in [2.45, 2.75) is 25.1 Å². The van der Waals surface area contributed by atoms with Crippen LogP contribution in [0.3, 0.4) is 0 Å². The lowest BCUT2D eigenvalue weighted by molar-refractivity contribution is -0.141. The summed E-state index contributed by atoms with van der Waals surface area (Å²) < 4.78 is 38.7. The number of amides is 1. The molecule has 1 aliphatic heterocycles. The van der Waals surface area contributed by atoms with Crippen LogP contribution in [0, 0.1) is 0 Å². The molecule has 1 amide bonds. The minimum absolute atomic E-state index is 0.0216. The predicted molar refractivity (Wildman–Crippen MR) is 134 cm³/mol. The number of alkyl halides is 3. The van der Waals surface area contributed by atoms with Crippen molar-refractivity contribution in [2.24, 2.45) is 0 Å². The average Bonchev–Trinajstić information content (AvgIpc) is 3.69. The van der Waals surface area contributed by atoms with Gasteiger partial charge in [0.2, 0.25) is 0 Å². The topological polar surface area (TPSA) is 111 Å². The highest BCUT2D eigenvalue weighted by Gasteiger charge is 2.33. The lowest BCUT2D eigenvalue weighted by atomic mass is 9.96. The fourth-order valence-electron chi connectivity index (χ4n) is 4.48. The molecule has 8 nitrogen and oxygen atoms in total. The van der Waals surface area contributed by atoms with E-state index in [0.717, 1.165) is 58.8 Å². The Kier molecular flexibility index (Phi) is 5.76. The van der Waals surface area contributed by atoms with E-state index in [4.69, 9.17) is 0 Å². The number of thiazole rings is 1. The normalized spacial score (nSPS) is 15.9. The Hall–Kier alpha value is -4.03. The van der Waals surface area contributed by atoms with Crippen LogP contribution in [-0.2, 0) is 6.18 Å². The van der Waals surface area contributed by atoms with Gasteiger partial charge in [0.25, 0.3) is 5.91 Å². The summed E-state index contributed by atoms with van der Waals surface area (Å²) in [6, 6.07) is 13.2. The van der Waals surface area contributed by atoms with E-state index in [2.05, 4.69) is 43.0 Å². The van der Waals surface area contributed by atoms with Gasteiger partial charge in [0.05, 0.1) is 17.4 Å². The smallest absolute Gasteiger partial charge is 0.320 e. The average molecular weight is 524 g/mol. The third-order valence-corrected chi connectivity index (χ3v) is 7.19. The van der Waals surface area contributed by atoms with E-state index >= 15 is 0 Å². The van der Waals surface area contributed by atoms with Crippen LogP contribution in [-0.4, -0.2) is 37.8 Å². The van der Waals surface area contributed by atoms with Crippen molar-refractivity contribution in [3.05, 3.63) is 71.0 Å². The number of H-pyrrole nitrogens is 2. The van der Waals surface area contributed by atoms with Gasteiger partial charge in [0, 0.05) is 22.4 Å². The summed E-state index contributed by atoms with van der Waals surface area (Å²) in [4.78, 5) is 17.4. The number of halogens is 3. The molecule has 0 saturated carbocycles. The quantitative estimate of drug-likeness (QED) is 0.234. The number of aromatic nitrogens is 5.